The minimum atomic E-state index is -0.302. The van der Waals surface area contributed by atoms with E-state index in [9.17, 15) is 4.39 Å². The Balaban J connectivity index is 2.40. The lowest BCUT2D eigenvalue weighted by atomic mass is 10.0. The van der Waals surface area contributed by atoms with E-state index in [-0.39, 0.29) is 11.9 Å². The fourth-order valence-electron chi connectivity index (χ4n) is 2.01. The van der Waals surface area contributed by atoms with Crippen LogP contribution in [0.4, 0.5) is 4.39 Å². The molecule has 2 rings (SSSR count). The quantitative estimate of drug-likeness (QED) is 0.884. The van der Waals surface area contributed by atoms with Gasteiger partial charge in [0.2, 0.25) is 0 Å². The van der Waals surface area contributed by atoms with Crippen molar-refractivity contribution in [3.05, 3.63) is 40.4 Å². The van der Waals surface area contributed by atoms with Crippen molar-refractivity contribution in [1.29, 1.82) is 0 Å². The number of hydrogen-bond acceptors (Lipinski definition) is 5. The Morgan fingerprint density at radius 3 is 2.95 bits per heavy atom. The van der Waals surface area contributed by atoms with Crippen LogP contribution in [0.15, 0.2) is 18.5 Å². The van der Waals surface area contributed by atoms with Crippen LogP contribution >= 0.6 is 11.5 Å². The van der Waals surface area contributed by atoms with Gasteiger partial charge in [0.1, 0.15) is 5.82 Å². The molecule has 0 aliphatic rings. The van der Waals surface area contributed by atoms with Crippen LogP contribution in [0, 0.1) is 5.82 Å². The Morgan fingerprint density at radius 1 is 1.42 bits per heavy atom. The third-order valence-electron chi connectivity index (χ3n) is 2.86. The number of hydrogen-bond donors (Lipinski definition) is 1. The van der Waals surface area contributed by atoms with E-state index in [4.69, 9.17) is 0 Å². The maximum absolute atomic E-state index is 13.9. The molecule has 1 atom stereocenters. The summed E-state index contributed by atoms with van der Waals surface area (Å²) in [5.74, 6) is -0.302. The van der Waals surface area contributed by atoms with Gasteiger partial charge in [-0.25, -0.2) is 4.39 Å². The summed E-state index contributed by atoms with van der Waals surface area (Å²) in [6.07, 6.45) is 4.71. The molecule has 0 amide bonds. The van der Waals surface area contributed by atoms with Crippen molar-refractivity contribution < 1.29 is 4.39 Å². The van der Waals surface area contributed by atoms with Crippen molar-refractivity contribution in [2.45, 2.75) is 32.7 Å². The summed E-state index contributed by atoms with van der Waals surface area (Å²) in [5.41, 5.74) is 1.55. The van der Waals surface area contributed by atoms with Crippen LogP contribution in [-0.4, -0.2) is 21.1 Å². The number of halogens is 1. The Kier molecular flexibility index (Phi) is 4.93. The number of pyridine rings is 1. The summed E-state index contributed by atoms with van der Waals surface area (Å²) in [6, 6.07) is 1.51. The maximum Gasteiger partial charge on any atom is 0.146 e. The number of aromatic nitrogens is 3. The number of aryl methyl sites for hydroxylation is 1. The van der Waals surface area contributed by atoms with Gasteiger partial charge in [-0.2, -0.15) is 0 Å². The highest BCUT2D eigenvalue weighted by molar-refractivity contribution is 7.05. The summed E-state index contributed by atoms with van der Waals surface area (Å²) in [6.45, 7) is 4.84. The largest absolute Gasteiger partial charge is 0.306 e. The van der Waals surface area contributed by atoms with E-state index >= 15 is 0 Å². The van der Waals surface area contributed by atoms with Gasteiger partial charge in [0, 0.05) is 11.8 Å². The molecule has 19 heavy (non-hydrogen) atoms. The highest BCUT2D eigenvalue weighted by atomic mass is 32.1. The zero-order valence-corrected chi connectivity index (χ0v) is 11.9. The number of rotatable bonds is 6. The molecular weight excluding hydrogens is 263 g/mol. The fraction of sp³-hybridized carbons (Fsp3) is 0.462. The van der Waals surface area contributed by atoms with Gasteiger partial charge in [-0.05, 0) is 30.6 Å². The molecule has 0 aliphatic heterocycles. The molecule has 6 heteroatoms. The van der Waals surface area contributed by atoms with Crippen LogP contribution in [-0.2, 0) is 6.42 Å². The molecule has 0 bridgehead atoms. The van der Waals surface area contributed by atoms with Gasteiger partial charge in [0.05, 0.1) is 22.8 Å². The van der Waals surface area contributed by atoms with Gasteiger partial charge in [-0.3, -0.25) is 4.98 Å². The lowest BCUT2D eigenvalue weighted by Gasteiger charge is -2.17. The van der Waals surface area contributed by atoms with E-state index in [1.165, 1.54) is 17.7 Å². The molecule has 0 spiro atoms. The Labute approximate surface area is 116 Å². The van der Waals surface area contributed by atoms with E-state index in [1.807, 2.05) is 6.92 Å². The van der Waals surface area contributed by atoms with Crippen LogP contribution in [0.25, 0.3) is 0 Å². The normalized spacial score (nSPS) is 12.6. The molecule has 1 unspecified atom stereocenters. The molecule has 2 heterocycles. The maximum atomic E-state index is 13.9. The second kappa shape index (κ2) is 6.68. The van der Waals surface area contributed by atoms with Gasteiger partial charge >= 0.3 is 0 Å². The minimum absolute atomic E-state index is 0.199. The number of nitrogens with one attached hydrogen (secondary N) is 1. The summed E-state index contributed by atoms with van der Waals surface area (Å²) in [7, 11) is 0. The molecule has 0 saturated carbocycles. The topological polar surface area (TPSA) is 50.7 Å². The van der Waals surface area contributed by atoms with Gasteiger partial charge in [0.25, 0.3) is 0 Å². The molecular formula is C13H17FN4S. The summed E-state index contributed by atoms with van der Waals surface area (Å²) in [4.78, 5) is 4.79. The molecule has 0 fully saturated rings. The van der Waals surface area contributed by atoms with Crippen molar-refractivity contribution in [1.82, 2.24) is 19.9 Å². The first-order chi connectivity index (χ1) is 9.27. The standard InChI is InChI=1S/C13H17FN4S/c1-3-5-11-13(19-18-17-11)12(16-4-2)9-6-7-15-8-10(9)14/h6-8,12,16H,3-5H2,1-2H3. The van der Waals surface area contributed by atoms with Gasteiger partial charge in [-0.15, -0.1) is 5.10 Å². The lowest BCUT2D eigenvalue weighted by molar-refractivity contribution is 0.555. The van der Waals surface area contributed by atoms with E-state index in [0.29, 0.717) is 5.56 Å². The third-order valence-corrected chi connectivity index (χ3v) is 3.69. The van der Waals surface area contributed by atoms with Crippen molar-refractivity contribution in [3.8, 4) is 0 Å². The Bertz CT molecular complexity index is 529. The first-order valence-electron chi connectivity index (χ1n) is 6.41. The Morgan fingerprint density at radius 2 is 2.26 bits per heavy atom. The average molecular weight is 280 g/mol. The van der Waals surface area contributed by atoms with E-state index in [0.717, 1.165) is 30.0 Å². The number of nitrogens with zero attached hydrogens (tertiary/aromatic N) is 3. The summed E-state index contributed by atoms with van der Waals surface area (Å²) >= 11 is 1.33. The minimum Gasteiger partial charge on any atom is -0.306 e. The van der Waals surface area contributed by atoms with E-state index in [2.05, 4.69) is 26.8 Å². The molecule has 0 saturated heterocycles. The molecule has 2 aromatic rings. The molecule has 102 valence electrons. The monoisotopic (exact) mass is 280 g/mol. The van der Waals surface area contributed by atoms with Crippen molar-refractivity contribution >= 4 is 11.5 Å². The Hall–Kier alpha value is -1.40. The third kappa shape index (κ3) is 3.13. The van der Waals surface area contributed by atoms with Gasteiger partial charge in [-0.1, -0.05) is 24.8 Å². The van der Waals surface area contributed by atoms with Crippen LogP contribution in [0.5, 0.6) is 0 Å². The second-order valence-electron chi connectivity index (χ2n) is 4.22. The zero-order valence-electron chi connectivity index (χ0n) is 11.1. The van der Waals surface area contributed by atoms with Crippen LogP contribution in [0.1, 0.15) is 42.4 Å². The highest BCUT2D eigenvalue weighted by Gasteiger charge is 2.22. The molecule has 1 N–H and O–H groups in total. The smallest absolute Gasteiger partial charge is 0.146 e. The molecule has 4 nitrogen and oxygen atoms in total. The molecule has 0 aliphatic carbocycles. The SMILES string of the molecule is CCCc1nnsc1C(NCC)c1ccncc1F. The van der Waals surface area contributed by atoms with Crippen molar-refractivity contribution in [3.63, 3.8) is 0 Å². The van der Waals surface area contributed by atoms with E-state index < -0.39 is 0 Å². The van der Waals surface area contributed by atoms with E-state index in [1.54, 1.807) is 12.3 Å². The van der Waals surface area contributed by atoms with Gasteiger partial charge in [0.15, 0.2) is 0 Å². The summed E-state index contributed by atoms with van der Waals surface area (Å²) in [5, 5.41) is 7.46. The molecule has 0 radical (unpaired) electrons. The lowest BCUT2D eigenvalue weighted by Crippen LogP contribution is -2.23. The van der Waals surface area contributed by atoms with Crippen LogP contribution in [0.2, 0.25) is 0 Å². The zero-order chi connectivity index (χ0) is 13.7. The molecule has 0 aromatic carbocycles. The average Bonchev–Trinajstić information content (AvgIpc) is 2.86. The summed E-state index contributed by atoms with van der Waals surface area (Å²) < 4.78 is 17.9. The predicted octanol–water partition coefficient (Wildman–Crippen LogP) is 2.72. The van der Waals surface area contributed by atoms with Crippen LogP contribution in [0.3, 0.4) is 0 Å². The van der Waals surface area contributed by atoms with Crippen LogP contribution < -0.4 is 5.32 Å². The molecule has 2 aromatic heterocycles. The first kappa shape index (κ1) is 14.0. The van der Waals surface area contributed by atoms with Gasteiger partial charge < -0.3 is 5.32 Å². The first-order valence-corrected chi connectivity index (χ1v) is 7.19. The fourth-order valence-corrected chi connectivity index (χ4v) is 2.80. The highest BCUT2D eigenvalue weighted by Crippen LogP contribution is 2.28. The second-order valence-corrected chi connectivity index (χ2v) is 5.01. The van der Waals surface area contributed by atoms with Crippen molar-refractivity contribution in [2.75, 3.05) is 6.54 Å². The predicted molar refractivity (Wildman–Crippen MR) is 73.6 cm³/mol. The van der Waals surface area contributed by atoms with Crippen molar-refractivity contribution in [2.24, 2.45) is 0 Å².